The molecule has 4 heteroatoms. The highest BCUT2D eigenvalue weighted by Gasteiger charge is 2.10. The van der Waals surface area contributed by atoms with Crippen LogP contribution in [-0.4, -0.2) is 15.6 Å². The first kappa shape index (κ1) is 10.4. The van der Waals surface area contributed by atoms with Gasteiger partial charge >= 0.3 is 0 Å². The summed E-state index contributed by atoms with van der Waals surface area (Å²) in [7, 11) is 0. The van der Waals surface area contributed by atoms with Crippen LogP contribution < -0.4 is 5.73 Å². The molecule has 0 fully saturated rings. The van der Waals surface area contributed by atoms with Crippen LogP contribution in [0, 0.1) is 0 Å². The highest BCUT2D eigenvalue weighted by atomic mass is 16.1. The maximum Gasteiger partial charge on any atom is 0.196 e. The number of aryl methyl sites for hydroxylation is 1. The van der Waals surface area contributed by atoms with Crippen molar-refractivity contribution < 1.29 is 4.79 Å². The van der Waals surface area contributed by atoms with E-state index in [1.165, 1.54) is 0 Å². The van der Waals surface area contributed by atoms with Gasteiger partial charge in [0.25, 0.3) is 0 Å². The van der Waals surface area contributed by atoms with Crippen molar-refractivity contribution in [3.8, 4) is 0 Å². The summed E-state index contributed by atoms with van der Waals surface area (Å²) in [4.78, 5) is 12.0. The predicted octanol–water partition coefficient (Wildman–Crippen LogP) is 1.72. The third kappa shape index (κ3) is 1.95. The van der Waals surface area contributed by atoms with Crippen molar-refractivity contribution >= 4 is 11.5 Å². The Labute approximate surface area is 93.7 Å². The van der Waals surface area contributed by atoms with Crippen LogP contribution in [0.15, 0.2) is 36.7 Å². The second kappa shape index (κ2) is 4.18. The minimum atomic E-state index is -0.0491. The van der Waals surface area contributed by atoms with Crippen LogP contribution in [-0.2, 0) is 6.54 Å². The SMILES string of the molecule is CCn1cc(C(=O)c2cccc(N)c2)cn1. The minimum absolute atomic E-state index is 0.0491. The Morgan fingerprint density at radius 1 is 1.44 bits per heavy atom. The van der Waals surface area contributed by atoms with Crippen molar-refractivity contribution in [3.05, 3.63) is 47.8 Å². The average Bonchev–Trinajstić information content (AvgIpc) is 2.76. The lowest BCUT2D eigenvalue weighted by molar-refractivity contribution is 0.103. The average molecular weight is 215 g/mol. The van der Waals surface area contributed by atoms with Gasteiger partial charge in [0.15, 0.2) is 5.78 Å². The van der Waals surface area contributed by atoms with E-state index >= 15 is 0 Å². The van der Waals surface area contributed by atoms with Crippen molar-refractivity contribution in [3.63, 3.8) is 0 Å². The fraction of sp³-hybridized carbons (Fsp3) is 0.167. The first-order chi connectivity index (χ1) is 7.70. The number of nitrogens with zero attached hydrogens (tertiary/aromatic N) is 2. The molecule has 0 radical (unpaired) electrons. The van der Waals surface area contributed by atoms with Gasteiger partial charge in [-0.15, -0.1) is 0 Å². The molecule has 0 aliphatic rings. The fourth-order valence-corrected chi connectivity index (χ4v) is 1.50. The van der Waals surface area contributed by atoms with E-state index in [9.17, 15) is 4.79 Å². The van der Waals surface area contributed by atoms with E-state index in [1.54, 1.807) is 41.3 Å². The predicted molar refractivity (Wildman–Crippen MR) is 62.2 cm³/mol. The Bertz CT molecular complexity index is 516. The first-order valence-corrected chi connectivity index (χ1v) is 5.13. The van der Waals surface area contributed by atoms with Crippen molar-refractivity contribution in [2.45, 2.75) is 13.5 Å². The Morgan fingerprint density at radius 2 is 2.25 bits per heavy atom. The molecule has 0 spiro atoms. The number of nitrogens with two attached hydrogens (primary N) is 1. The lowest BCUT2D eigenvalue weighted by atomic mass is 10.1. The third-order valence-electron chi connectivity index (χ3n) is 2.37. The molecule has 82 valence electrons. The third-order valence-corrected chi connectivity index (χ3v) is 2.37. The summed E-state index contributed by atoms with van der Waals surface area (Å²) in [6.45, 7) is 2.73. The number of carbonyl (C=O) groups excluding carboxylic acids is 1. The smallest absolute Gasteiger partial charge is 0.196 e. The van der Waals surface area contributed by atoms with E-state index in [0.29, 0.717) is 16.8 Å². The van der Waals surface area contributed by atoms with Crippen molar-refractivity contribution in [2.75, 3.05) is 5.73 Å². The Kier molecular flexibility index (Phi) is 2.72. The molecule has 16 heavy (non-hydrogen) atoms. The summed E-state index contributed by atoms with van der Waals surface area (Å²) in [5, 5.41) is 4.07. The number of hydrogen-bond donors (Lipinski definition) is 1. The number of carbonyl (C=O) groups is 1. The monoisotopic (exact) mass is 215 g/mol. The molecule has 0 aliphatic carbocycles. The summed E-state index contributed by atoms with van der Waals surface area (Å²) in [6, 6.07) is 6.95. The Balaban J connectivity index is 2.31. The van der Waals surface area contributed by atoms with E-state index in [2.05, 4.69) is 5.10 Å². The molecule has 2 N–H and O–H groups in total. The first-order valence-electron chi connectivity index (χ1n) is 5.13. The molecular formula is C12H13N3O. The van der Waals surface area contributed by atoms with Gasteiger partial charge in [0, 0.05) is 24.0 Å². The number of hydrogen-bond acceptors (Lipinski definition) is 3. The highest BCUT2D eigenvalue weighted by Crippen LogP contribution is 2.12. The summed E-state index contributed by atoms with van der Waals surface area (Å²) in [6.07, 6.45) is 3.32. The normalized spacial score (nSPS) is 10.3. The van der Waals surface area contributed by atoms with E-state index in [-0.39, 0.29) is 5.78 Å². The van der Waals surface area contributed by atoms with Crippen LogP contribution >= 0.6 is 0 Å². The molecule has 0 saturated heterocycles. The molecule has 1 aromatic carbocycles. The molecule has 2 aromatic rings. The summed E-state index contributed by atoms with van der Waals surface area (Å²) in [5.74, 6) is -0.0491. The molecular weight excluding hydrogens is 202 g/mol. The lowest BCUT2D eigenvalue weighted by Gasteiger charge is -1.99. The molecule has 0 atom stereocenters. The Hall–Kier alpha value is -2.10. The number of benzene rings is 1. The summed E-state index contributed by atoms with van der Waals surface area (Å²) in [5.41, 5.74) is 7.41. The minimum Gasteiger partial charge on any atom is -0.399 e. The van der Waals surface area contributed by atoms with E-state index in [1.807, 2.05) is 6.92 Å². The van der Waals surface area contributed by atoms with Gasteiger partial charge in [-0.25, -0.2) is 0 Å². The molecule has 0 unspecified atom stereocenters. The van der Waals surface area contributed by atoms with Gasteiger partial charge in [0.05, 0.1) is 11.8 Å². The number of aromatic nitrogens is 2. The van der Waals surface area contributed by atoms with Gasteiger partial charge in [-0.1, -0.05) is 12.1 Å². The standard InChI is InChI=1S/C12H13N3O/c1-2-15-8-10(7-14-15)12(16)9-4-3-5-11(13)6-9/h3-8H,2,13H2,1H3. The van der Waals surface area contributed by atoms with Gasteiger partial charge in [0.2, 0.25) is 0 Å². The van der Waals surface area contributed by atoms with Gasteiger partial charge in [0.1, 0.15) is 0 Å². The van der Waals surface area contributed by atoms with Crippen LogP contribution in [0.2, 0.25) is 0 Å². The van der Waals surface area contributed by atoms with Crippen LogP contribution in [0.4, 0.5) is 5.69 Å². The van der Waals surface area contributed by atoms with Crippen LogP contribution in [0.3, 0.4) is 0 Å². The van der Waals surface area contributed by atoms with E-state index in [4.69, 9.17) is 5.73 Å². The van der Waals surface area contributed by atoms with Crippen molar-refractivity contribution in [1.29, 1.82) is 0 Å². The fourth-order valence-electron chi connectivity index (χ4n) is 1.50. The zero-order valence-corrected chi connectivity index (χ0v) is 9.05. The summed E-state index contributed by atoms with van der Waals surface area (Å²) >= 11 is 0. The second-order valence-corrected chi connectivity index (χ2v) is 3.54. The highest BCUT2D eigenvalue weighted by molar-refractivity contribution is 6.09. The van der Waals surface area contributed by atoms with Gasteiger partial charge in [-0.05, 0) is 19.1 Å². The van der Waals surface area contributed by atoms with E-state index < -0.39 is 0 Å². The zero-order valence-electron chi connectivity index (χ0n) is 9.05. The maximum absolute atomic E-state index is 12.0. The molecule has 2 rings (SSSR count). The van der Waals surface area contributed by atoms with Gasteiger partial charge < -0.3 is 5.73 Å². The molecule has 1 aromatic heterocycles. The van der Waals surface area contributed by atoms with Crippen LogP contribution in [0.5, 0.6) is 0 Å². The largest absolute Gasteiger partial charge is 0.399 e. The maximum atomic E-state index is 12.0. The second-order valence-electron chi connectivity index (χ2n) is 3.54. The molecule has 4 nitrogen and oxygen atoms in total. The summed E-state index contributed by atoms with van der Waals surface area (Å²) < 4.78 is 1.72. The molecule has 0 bridgehead atoms. The number of anilines is 1. The van der Waals surface area contributed by atoms with Crippen LogP contribution in [0.25, 0.3) is 0 Å². The Morgan fingerprint density at radius 3 is 2.88 bits per heavy atom. The van der Waals surface area contributed by atoms with Gasteiger partial charge in [-0.2, -0.15) is 5.10 Å². The molecule has 0 aliphatic heterocycles. The molecule has 0 saturated carbocycles. The van der Waals surface area contributed by atoms with Crippen molar-refractivity contribution in [2.24, 2.45) is 0 Å². The zero-order chi connectivity index (χ0) is 11.5. The molecule has 1 heterocycles. The topological polar surface area (TPSA) is 60.9 Å². The van der Waals surface area contributed by atoms with Crippen molar-refractivity contribution in [1.82, 2.24) is 9.78 Å². The lowest BCUT2D eigenvalue weighted by Crippen LogP contribution is -2.01. The number of rotatable bonds is 3. The van der Waals surface area contributed by atoms with Gasteiger partial charge in [-0.3, -0.25) is 9.48 Å². The quantitative estimate of drug-likeness (QED) is 0.626. The number of nitrogen functional groups attached to an aromatic ring is 1. The molecule has 0 amide bonds. The van der Waals surface area contributed by atoms with E-state index in [0.717, 1.165) is 6.54 Å². The van der Waals surface area contributed by atoms with Crippen LogP contribution in [0.1, 0.15) is 22.8 Å². The number of ketones is 1.